The molecule has 29 heavy (non-hydrogen) atoms. The molecule has 0 bridgehead atoms. The Labute approximate surface area is 173 Å². The first-order valence-corrected chi connectivity index (χ1v) is 11.6. The number of rotatable bonds is 7. The van der Waals surface area contributed by atoms with E-state index in [-0.39, 0.29) is 17.7 Å². The van der Waals surface area contributed by atoms with Gasteiger partial charge in [-0.1, -0.05) is 60.7 Å². The van der Waals surface area contributed by atoms with Crippen LogP contribution in [0.1, 0.15) is 24.1 Å². The van der Waals surface area contributed by atoms with Gasteiger partial charge in [-0.25, -0.2) is 8.42 Å². The van der Waals surface area contributed by atoms with Crippen molar-refractivity contribution in [1.29, 1.82) is 0 Å². The molecule has 1 atom stereocenters. The van der Waals surface area contributed by atoms with Crippen LogP contribution in [0.3, 0.4) is 0 Å². The Morgan fingerprint density at radius 2 is 1.59 bits per heavy atom. The predicted octanol–water partition coefficient (Wildman–Crippen LogP) is 0.937. The standard InChI is InChI=1S/C22H29N3O3S/c1-19(21-11-7-4-8-12-21)23(2)22(26)17-24-13-15-25(16-14-24)29(27,28)18-20-9-5-3-6-10-20/h3-12,19H,13-18H2,1-2H3/p+1/t19-/m1/s1. The number of carbonyl (C=O) groups excluding carboxylic acids is 1. The number of likely N-dealkylation sites (N-methyl/N-ethyl adjacent to an activating group) is 1. The summed E-state index contributed by atoms with van der Waals surface area (Å²) in [6.45, 7) is 4.61. The number of hydrogen-bond donors (Lipinski definition) is 1. The Kier molecular flexibility index (Phi) is 7.05. The summed E-state index contributed by atoms with van der Waals surface area (Å²) in [5.41, 5.74) is 1.91. The Balaban J connectivity index is 1.51. The monoisotopic (exact) mass is 416 g/mol. The Morgan fingerprint density at radius 3 is 2.17 bits per heavy atom. The van der Waals surface area contributed by atoms with Crippen molar-refractivity contribution in [3.8, 4) is 0 Å². The quantitative estimate of drug-likeness (QED) is 0.731. The summed E-state index contributed by atoms with van der Waals surface area (Å²) in [5, 5.41) is 0. The second-order valence-electron chi connectivity index (χ2n) is 7.66. The Hall–Kier alpha value is -2.22. The van der Waals surface area contributed by atoms with Gasteiger partial charge < -0.3 is 9.80 Å². The highest BCUT2D eigenvalue weighted by molar-refractivity contribution is 7.88. The van der Waals surface area contributed by atoms with Gasteiger partial charge in [0.15, 0.2) is 6.54 Å². The number of piperazine rings is 1. The number of amides is 1. The smallest absolute Gasteiger partial charge is 0.278 e. The topological polar surface area (TPSA) is 62.1 Å². The molecule has 1 heterocycles. The number of benzene rings is 2. The second kappa shape index (κ2) is 9.52. The lowest BCUT2D eigenvalue weighted by Gasteiger charge is -2.33. The van der Waals surface area contributed by atoms with Gasteiger partial charge in [-0.15, -0.1) is 0 Å². The second-order valence-corrected chi connectivity index (χ2v) is 9.63. The molecule has 0 unspecified atom stereocenters. The fourth-order valence-corrected chi connectivity index (χ4v) is 5.18. The number of nitrogens with zero attached hydrogens (tertiary/aromatic N) is 2. The lowest BCUT2D eigenvalue weighted by molar-refractivity contribution is -0.896. The van der Waals surface area contributed by atoms with E-state index in [0.29, 0.717) is 32.7 Å². The summed E-state index contributed by atoms with van der Waals surface area (Å²) in [5.74, 6) is 0.108. The first kappa shape index (κ1) is 21.5. The molecule has 7 heteroatoms. The minimum atomic E-state index is -3.33. The summed E-state index contributed by atoms with van der Waals surface area (Å²) in [6.07, 6.45) is 0. The first-order valence-electron chi connectivity index (χ1n) is 10.0. The lowest BCUT2D eigenvalue weighted by Crippen LogP contribution is -3.15. The van der Waals surface area contributed by atoms with E-state index < -0.39 is 10.0 Å². The molecule has 1 N–H and O–H groups in total. The van der Waals surface area contributed by atoms with Crippen molar-refractivity contribution in [2.75, 3.05) is 39.8 Å². The number of carbonyl (C=O) groups is 1. The molecular formula is C22H30N3O3S+. The highest BCUT2D eigenvalue weighted by Gasteiger charge is 2.31. The van der Waals surface area contributed by atoms with Gasteiger partial charge in [0.05, 0.1) is 38.0 Å². The predicted molar refractivity (Wildman–Crippen MR) is 114 cm³/mol. The van der Waals surface area contributed by atoms with Crippen molar-refractivity contribution < 1.29 is 18.1 Å². The fraction of sp³-hybridized carbons (Fsp3) is 0.409. The zero-order valence-corrected chi connectivity index (χ0v) is 17.9. The maximum atomic E-state index is 12.7. The van der Waals surface area contributed by atoms with Crippen LogP contribution in [0.4, 0.5) is 0 Å². The molecule has 1 aliphatic rings. The molecule has 6 nitrogen and oxygen atoms in total. The van der Waals surface area contributed by atoms with E-state index in [9.17, 15) is 13.2 Å². The summed E-state index contributed by atoms with van der Waals surface area (Å²) in [6, 6.07) is 19.2. The molecule has 1 fully saturated rings. The summed E-state index contributed by atoms with van der Waals surface area (Å²) in [4.78, 5) is 15.6. The zero-order chi connectivity index (χ0) is 20.9. The largest absolute Gasteiger partial charge is 0.334 e. The molecule has 1 aliphatic heterocycles. The summed E-state index contributed by atoms with van der Waals surface area (Å²) >= 11 is 0. The van der Waals surface area contributed by atoms with E-state index >= 15 is 0 Å². The normalized spacial score (nSPS) is 17.0. The van der Waals surface area contributed by atoms with Gasteiger partial charge in [-0.3, -0.25) is 4.79 Å². The molecule has 2 aromatic rings. The summed E-state index contributed by atoms with van der Waals surface area (Å²) in [7, 11) is -1.50. The lowest BCUT2D eigenvalue weighted by atomic mass is 10.1. The maximum Gasteiger partial charge on any atom is 0.278 e. The van der Waals surface area contributed by atoms with Crippen LogP contribution >= 0.6 is 0 Å². The molecule has 1 amide bonds. The van der Waals surface area contributed by atoms with Crippen LogP contribution in [0.2, 0.25) is 0 Å². The van der Waals surface area contributed by atoms with Crippen LogP contribution in [0, 0.1) is 0 Å². The average Bonchev–Trinajstić information content (AvgIpc) is 2.74. The van der Waals surface area contributed by atoms with Crippen molar-refractivity contribution in [2.45, 2.75) is 18.7 Å². The molecule has 0 spiro atoms. The minimum absolute atomic E-state index is 0.00985. The zero-order valence-electron chi connectivity index (χ0n) is 17.1. The van der Waals surface area contributed by atoms with E-state index in [4.69, 9.17) is 0 Å². The van der Waals surface area contributed by atoms with Gasteiger partial charge in [0.1, 0.15) is 0 Å². The van der Waals surface area contributed by atoms with Crippen LogP contribution in [0.25, 0.3) is 0 Å². The van der Waals surface area contributed by atoms with Crippen molar-refractivity contribution in [3.05, 3.63) is 71.8 Å². The van der Waals surface area contributed by atoms with Crippen LogP contribution in [0.15, 0.2) is 60.7 Å². The van der Waals surface area contributed by atoms with Gasteiger partial charge in [0, 0.05) is 7.05 Å². The van der Waals surface area contributed by atoms with E-state index in [1.807, 2.05) is 74.6 Å². The van der Waals surface area contributed by atoms with Crippen LogP contribution in [-0.2, 0) is 20.6 Å². The van der Waals surface area contributed by atoms with Gasteiger partial charge >= 0.3 is 0 Å². The number of nitrogens with one attached hydrogen (secondary N) is 1. The van der Waals surface area contributed by atoms with E-state index in [1.54, 1.807) is 9.21 Å². The highest BCUT2D eigenvalue weighted by Crippen LogP contribution is 2.17. The Bertz CT molecular complexity index is 895. The number of hydrogen-bond acceptors (Lipinski definition) is 3. The third kappa shape index (κ3) is 5.65. The van der Waals surface area contributed by atoms with Gasteiger partial charge in [-0.05, 0) is 18.1 Å². The SMILES string of the molecule is C[C@H](c1ccccc1)N(C)C(=O)C[NH+]1CCN(S(=O)(=O)Cc2ccccc2)CC1. The third-order valence-electron chi connectivity index (χ3n) is 5.67. The van der Waals surface area contributed by atoms with Gasteiger partial charge in [0.25, 0.3) is 5.91 Å². The fourth-order valence-electron chi connectivity index (χ4n) is 3.64. The van der Waals surface area contributed by atoms with Crippen LogP contribution < -0.4 is 4.90 Å². The molecule has 1 saturated heterocycles. The van der Waals surface area contributed by atoms with Gasteiger partial charge in [-0.2, -0.15) is 4.31 Å². The van der Waals surface area contributed by atoms with Crippen molar-refractivity contribution >= 4 is 15.9 Å². The molecule has 2 aromatic carbocycles. The van der Waals surface area contributed by atoms with Crippen molar-refractivity contribution in [2.24, 2.45) is 0 Å². The Morgan fingerprint density at radius 1 is 1.03 bits per heavy atom. The molecule has 0 radical (unpaired) electrons. The van der Waals surface area contributed by atoms with E-state index in [2.05, 4.69) is 0 Å². The molecule has 3 rings (SSSR count). The molecule has 0 saturated carbocycles. The molecule has 0 aliphatic carbocycles. The highest BCUT2D eigenvalue weighted by atomic mass is 32.2. The van der Waals surface area contributed by atoms with Crippen LogP contribution in [0.5, 0.6) is 0 Å². The minimum Gasteiger partial charge on any atom is -0.334 e. The average molecular weight is 417 g/mol. The van der Waals surface area contributed by atoms with Crippen molar-refractivity contribution in [1.82, 2.24) is 9.21 Å². The van der Waals surface area contributed by atoms with Crippen molar-refractivity contribution in [3.63, 3.8) is 0 Å². The maximum absolute atomic E-state index is 12.7. The molecule has 0 aromatic heterocycles. The first-order chi connectivity index (χ1) is 13.9. The van der Waals surface area contributed by atoms with Crippen LogP contribution in [-0.4, -0.2) is 63.3 Å². The third-order valence-corrected chi connectivity index (χ3v) is 7.52. The van der Waals surface area contributed by atoms with E-state index in [1.165, 1.54) is 0 Å². The van der Waals surface area contributed by atoms with E-state index in [0.717, 1.165) is 16.0 Å². The number of sulfonamides is 1. The van der Waals surface area contributed by atoms with Gasteiger partial charge in [0.2, 0.25) is 10.0 Å². The number of quaternary nitrogens is 1. The summed E-state index contributed by atoms with van der Waals surface area (Å²) < 4.78 is 26.9. The molecular weight excluding hydrogens is 386 g/mol. The molecule has 156 valence electrons.